The highest BCUT2D eigenvalue weighted by atomic mass is 35.5. The molecular weight excluding hydrogens is 341 g/mol. The van der Waals surface area contributed by atoms with Gasteiger partial charge in [0.05, 0.1) is 21.0 Å². The van der Waals surface area contributed by atoms with E-state index < -0.39 is 15.0 Å². The molecule has 0 saturated heterocycles. The van der Waals surface area contributed by atoms with Crippen molar-refractivity contribution in [2.24, 2.45) is 0 Å². The molecule has 0 amide bonds. The molecule has 0 aliphatic rings. The Balaban J connectivity index is 2.35. The lowest BCUT2D eigenvalue weighted by molar-refractivity contribution is -0.384. The van der Waals surface area contributed by atoms with Gasteiger partial charge in [-0.3, -0.25) is 10.1 Å². The zero-order valence-electron chi connectivity index (χ0n) is 10.2. The number of nitro benzene ring substituents is 1. The van der Waals surface area contributed by atoms with Crippen molar-refractivity contribution in [3.63, 3.8) is 0 Å². The largest absolute Gasteiger partial charge is 0.379 e. The number of nitro groups is 1. The van der Waals surface area contributed by atoms with Crippen LogP contribution in [0.2, 0.25) is 10.0 Å². The van der Waals surface area contributed by atoms with E-state index in [4.69, 9.17) is 27.4 Å². The minimum absolute atomic E-state index is 0.0559. The molecule has 0 unspecified atom stereocenters. The zero-order valence-corrected chi connectivity index (χ0v) is 12.5. The van der Waals surface area contributed by atoms with Crippen molar-refractivity contribution in [2.45, 2.75) is 4.90 Å². The van der Waals surface area contributed by atoms with Crippen LogP contribution in [0.5, 0.6) is 5.75 Å². The summed E-state index contributed by atoms with van der Waals surface area (Å²) < 4.78 is 28.9. The second kappa shape index (κ2) is 5.88. The van der Waals surface area contributed by atoms with Crippen LogP contribution in [0, 0.1) is 10.1 Å². The first-order chi connectivity index (χ1) is 9.79. The Bertz CT molecular complexity index is 807. The maximum Gasteiger partial charge on any atom is 0.339 e. The fourth-order valence-electron chi connectivity index (χ4n) is 1.46. The summed E-state index contributed by atoms with van der Waals surface area (Å²) in [6.07, 6.45) is 0. The monoisotopic (exact) mass is 347 g/mol. The smallest absolute Gasteiger partial charge is 0.339 e. The average molecular weight is 348 g/mol. The lowest BCUT2D eigenvalue weighted by Gasteiger charge is -2.07. The van der Waals surface area contributed by atoms with Crippen molar-refractivity contribution in [1.82, 2.24) is 0 Å². The van der Waals surface area contributed by atoms with E-state index in [0.717, 1.165) is 12.1 Å². The molecule has 21 heavy (non-hydrogen) atoms. The average Bonchev–Trinajstić information content (AvgIpc) is 2.41. The highest BCUT2D eigenvalue weighted by Gasteiger charge is 2.19. The van der Waals surface area contributed by atoms with Crippen LogP contribution in [0.3, 0.4) is 0 Å². The van der Waals surface area contributed by atoms with E-state index in [2.05, 4.69) is 0 Å². The van der Waals surface area contributed by atoms with Crippen LogP contribution in [0.4, 0.5) is 5.69 Å². The van der Waals surface area contributed by atoms with Gasteiger partial charge in [0.1, 0.15) is 10.6 Å². The van der Waals surface area contributed by atoms with Gasteiger partial charge in [0.25, 0.3) is 5.69 Å². The van der Waals surface area contributed by atoms with Gasteiger partial charge in [-0.15, -0.1) is 0 Å². The Kier molecular flexibility index (Phi) is 4.36. The summed E-state index contributed by atoms with van der Waals surface area (Å²) in [6, 6.07) is 8.51. The van der Waals surface area contributed by atoms with Crippen molar-refractivity contribution >= 4 is 39.0 Å². The predicted octanol–water partition coefficient (Wildman–Crippen LogP) is 3.67. The van der Waals surface area contributed by atoms with E-state index in [1.807, 2.05) is 0 Å². The number of rotatable bonds is 4. The van der Waals surface area contributed by atoms with Crippen LogP contribution >= 0.6 is 23.2 Å². The van der Waals surface area contributed by atoms with E-state index in [1.165, 1.54) is 30.3 Å². The molecule has 0 aromatic heterocycles. The molecule has 0 heterocycles. The van der Waals surface area contributed by atoms with E-state index in [1.54, 1.807) is 0 Å². The second-order valence-corrected chi connectivity index (χ2v) is 6.23. The third-order valence-electron chi connectivity index (χ3n) is 2.41. The summed E-state index contributed by atoms with van der Waals surface area (Å²) >= 11 is 11.5. The lowest BCUT2D eigenvalue weighted by Crippen LogP contribution is -2.09. The SMILES string of the molecule is O=[N+]([O-])c1cccc(OS(=O)(=O)c2ccc(Cl)c(Cl)c2)c1. The summed E-state index contributed by atoms with van der Waals surface area (Å²) in [7, 11) is -4.16. The van der Waals surface area contributed by atoms with Crippen molar-refractivity contribution in [1.29, 1.82) is 0 Å². The van der Waals surface area contributed by atoms with Gasteiger partial charge in [0, 0.05) is 6.07 Å². The molecule has 0 N–H and O–H groups in total. The van der Waals surface area contributed by atoms with Gasteiger partial charge in [-0.25, -0.2) is 0 Å². The van der Waals surface area contributed by atoms with Crippen molar-refractivity contribution in [3.05, 3.63) is 62.6 Å². The number of halogens is 2. The van der Waals surface area contributed by atoms with Crippen molar-refractivity contribution < 1.29 is 17.5 Å². The van der Waals surface area contributed by atoms with Gasteiger partial charge in [0.2, 0.25) is 0 Å². The maximum absolute atomic E-state index is 12.1. The Morgan fingerprint density at radius 3 is 2.38 bits per heavy atom. The zero-order chi connectivity index (χ0) is 15.6. The molecule has 2 rings (SSSR count). The Labute approximate surface area is 130 Å². The standard InChI is InChI=1S/C12H7Cl2NO5S/c13-11-5-4-10(7-12(11)14)21(18,19)20-9-3-1-2-8(6-9)15(16)17/h1-7H. The number of non-ortho nitro benzene ring substituents is 1. The van der Waals surface area contributed by atoms with Gasteiger partial charge >= 0.3 is 10.1 Å². The van der Waals surface area contributed by atoms with E-state index in [9.17, 15) is 18.5 Å². The molecule has 110 valence electrons. The fourth-order valence-corrected chi connectivity index (χ4v) is 2.77. The van der Waals surface area contributed by atoms with Crippen LogP contribution in [-0.2, 0) is 10.1 Å². The molecule has 6 nitrogen and oxygen atoms in total. The molecule has 9 heteroatoms. The normalized spacial score (nSPS) is 11.1. The molecule has 2 aromatic rings. The lowest BCUT2D eigenvalue weighted by atomic mass is 10.3. The molecule has 0 fully saturated rings. The minimum Gasteiger partial charge on any atom is -0.379 e. The number of hydrogen-bond acceptors (Lipinski definition) is 5. The van der Waals surface area contributed by atoms with Crippen LogP contribution in [0.25, 0.3) is 0 Å². The molecule has 0 bridgehead atoms. The third kappa shape index (κ3) is 3.63. The molecule has 0 aliphatic heterocycles. The van der Waals surface area contributed by atoms with Gasteiger partial charge in [-0.1, -0.05) is 29.3 Å². The predicted molar refractivity (Wildman–Crippen MR) is 77.4 cm³/mol. The highest BCUT2D eigenvalue weighted by molar-refractivity contribution is 7.87. The summed E-state index contributed by atoms with van der Waals surface area (Å²) in [5, 5.41) is 10.9. The second-order valence-electron chi connectivity index (χ2n) is 3.87. The molecule has 2 aromatic carbocycles. The van der Waals surface area contributed by atoms with Gasteiger partial charge in [-0.05, 0) is 24.3 Å². The van der Waals surface area contributed by atoms with Crippen LogP contribution in [0.1, 0.15) is 0 Å². The summed E-state index contributed by atoms with van der Waals surface area (Å²) in [6.45, 7) is 0. The minimum atomic E-state index is -4.16. The summed E-state index contributed by atoms with van der Waals surface area (Å²) in [5.74, 6) is -0.171. The van der Waals surface area contributed by atoms with Crippen LogP contribution < -0.4 is 4.18 Å². The van der Waals surface area contributed by atoms with Crippen LogP contribution in [-0.4, -0.2) is 13.3 Å². The Morgan fingerprint density at radius 1 is 1.05 bits per heavy atom. The summed E-state index contributed by atoms with van der Waals surface area (Å²) in [4.78, 5) is 9.78. The summed E-state index contributed by atoms with van der Waals surface area (Å²) in [5.41, 5.74) is -0.281. The Morgan fingerprint density at radius 2 is 1.76 bits per heavy atom. The van der Waals surface area contributed by atoms with Crippen molar-refractivity contribution in [3.8, 4) is 5.75 Å². The van der Waals surface area contributed by atoms with Crippen LogP contribution in [0.15, 0.2) is 47.4 Å². The molecular formula is C12H7Cl2NO5S. The first-order valence-electron chi connectivity index (χ1n) is 5.43. The number of hydrogen-bond donors (Lipinski definition) is 0. The van der Waals surface area contributed by atoms with Gasteiger partial charge in [-0.2, -0.15) is 8.42 Å². The van der Waals surface area contributed by atoms with Crippen molar-refractivity contribution in [2.75, 3.05) is 0 Å². The molecule has 0 aliphatic carbocycles. The highest BCUT2D eigenvalue weighted by Crippen LogP contribution is 2.27. The third-order valence-corrected chi connectivity index (χ3v) is 4.40. The molecule has 0 radical (unpaired) electrons. The maximum atomic E-state index is 12.1. The number of nitrogens with zero attached hydrogens (tertiary/aromatic N) is 1. The Hall–Kier alpha value is -1.83. The molecule has 0 saturated carbocycles. The quantitative estimate of drug-likeness (QED) is 0.478. The fraction of sp³-hybridized carbons (Fsp3) is 0. The molecule has 0 spiro atoms. The van der Waals surface area contributed by atoms with E-state index >= 15 is 0 Å². The number of benzene rings is 2. The van der Waals surface area contributed by atoms with E-state index in [-0.39, 0.29) is 26.4 Å². The topological polar surface area (TPSA) is 86.5 Å². The van der Waals surface area contributed by atoms with Gasteiger partial charge in [0.15, 0.2) is 0 Å². The van der Waals surface area contributed by atoms with E-state index in [0.29, 0.717) is 0 Å². The molecule has 0 atom stereocenters. The van der Waals surface area contributed by atoms with Gasteiger partial charge < -0.3 is 4.18 Å². The first kappa shape index (κ1) is 15.6. The first-order valence-corrected chi connectivity index (χ1v) is 7.60.